The third-order valence-electron chi connectivity index (χ3n) is 2.60. The second kappa shape index (κ2) is 4.12. The number of hydrogen-bond acceptors (Lipinski definition) is 3. The Balaban J connectivity index is 2.45. The van der Waals surface area contributed by atoms with Crippen LogP contribution >= 0.6 is 10.7 Å². The Hall–Kier alpha value is -0.580. The zero-order valence-corrected chi connectivity index (χ0v) is 9.74. The molecule has 0 aliphatic carbocycles. The van der Waals surface area contributed by atoms with E-state index in [9.17, 15) is 8.42 Å². The number of nitrogens with one attached hydrogen (secondary N) is 1. The molecule has 0 aromatic heterocycles. The van der Waals surface area contributed by atoms with Crippen molar-refractivity contribution >= 4 is 19.7 Å². The topological polar surface area (TPSA) is 46.2 Å². The molecule has 1 aromatic rings. The van der Waals surface area contributed by atoms with Crippen LogP contribution in [0.25, 0.3) is 0 Å². The standard InChI is InChI=1S/C10H12ClNO2S/c11-15(13,14)10-2-1-8-3-5-12-6-4-9(8)7-10/h1-2,7,12H,3-6H2. The molecule has 1 N–H and O–H groups in total. The van der Waals surface area contributed by atoms with Crippen LogP contribution in [0, 0.1) is 0 Å². The summed E-state index contributed by atoms with van der Waals surface area (Å²) in [5.74, 6) is 0. The zero-order valence-electron chi connectivity index (χ0n) is 8.16. The summed E-state index contributed by atoms with van der Waals surface area (Å²) in [4.78, 5) is 0.199. The summed E-state index contributed by atoms with van der Waals surface area (Å²) < 4.78 is 22.3. The molecule has 2 rings (SSSR count). The van der Waals surface area contributed by atoms with Gasteiger partial charge in [-0.25, -0.2) is 8.42 Å². The summed E-state index contributed by atoms with van der Waals surface area (Å²) in [5.41, 5.74) is 2.30. The summed E-state index contributed by atoms with van der Waals surface area (Å²) in [7, 11) is 1.70. The van der Waals surface area contributed by atoms with E-state index in [1.165, 1.54) is 5.56 Å². The van der Waals surface area contributed by atoms with E-state index in [4.69, 9.17) is 10.7 Å². The van der Waals surface area contributed by atoms with Gasteiger partial charge in [0.15, 0.2) is 0 Å². The van der Waals surface area contributed by atoms with Crippen LogP contribution in [-0.4, -0.2) is 21.5 Å². The second-order valence-corrected chi connectivity index (χ2v) is 6.18. The third-order valence-corrected chi connectivity index (χ3v) is 3.95. The maximum absolute atomic E-state index is 11.2. The van der Waals surface area contributed by atoms with E-state index in [1.54, 1.807) is 12.1 Å². The Morgan fingerprint density at radius 1 is 1.13 bits per heavy atom. The lowest BCUT2D eigenvalue weighted by atomic mass is 10.0. The minimum absolute atomic E-state index is 0.199. The van der Waals surface area contributed by atoms with E-state index in [0.717, 1.165) is 31.5 Å². The fraction of sp³-hybridized carbons (Fsp3) is 0.400. The first-order chi connectivity index (χ1) is 7.07. The van der Waals surface area contributed by atoms with Gasteiger partial charge in [0, 0.05) is 10.7 Å². The number of rotatable bonds is 1. The van der Waals surface area contributed by atoms with Gasteiger partial charge in [0.2, 0.25) is 0 Å². The quantitative estimate of drug-likeness (QED) is 0.759. The van der Waals surface area contributed by atoms with Gasteiger partial charge in [0.05, 0.1) is 4.90 Å². The van der Waals surface area contributed by atoms with Crippen LogP contribution in [0.4, 0.5) is 0 Å². The average Bonchev–Trinajstić information content (AvgIpc) is 2.39. The molecule has 1 heterocycles. The van der Waals surface area contributed by atoms with Gasteiger partial charge in [-0.1, -0.05) is 6.07 Å². The molecule has 0 atom stereocenters. The summed E-state index contributed by atoms with van der Waals surface area (Å²) in [6.45, 7) is 1.83. The highest BCUT2D eigenvalue weighted by molar-refractivity contribution is 8.13. The van der Waals surface area contributed by atoms with Crippen molar-refractivity contribution in [1.82, 2.24) is 5.32 Å². The highest BCUT2D eigenvalue weighted by Gasteiger charge is 2.14. The van der Waals surface area contributed by atoms with Crippen molar-refractivity contribution in [2.75, 3.05) is 13.1 Å². The number of hydrogen-bond donors (Lipinski definition) is 1. The summed E-state index contributed by atoms with van der Waals surface area (Å²) >= 11 is 0. The van der Waals surface area contributed by atoms with E-state index in [1.807, 2.05) is 6.07 Å². The smallest absolute Gasteiger partial charge is 0.261 e. The van der Waals surface area contributed by atoms with Crippen LogP contribution < -0.4 is 5.32 Å². The van der Waals surface area contributed by atoms with Gasteiger partial charge >= 0.3 is 0 Å². The minimum atomic E-state index is -3.60. The molecule has 0 fully saturated rings. The first kappa shape index (κ1) is 10.9. The number of benzene rings is 1. The van der Waals surface area contributed by atoms with E-state index < -0.39 is 9.05 Å². The number of fused-ring (bicyclic) bond motifs is 1. The maximum atomic E-state index is 11.2. The lowest BCUT2D eigenvalue weighted by Crippen LogP contribution is -2.16. The van der Waals surface area contributed by atoms with Crippen molar-refractivity contribution in [2.24, 2.45) is 0 Å². The zero-order chi connectivity index (χ0) is 10.9. The van der Waals surface area contributed by atoms with E-state index >= 15 is 0 Å². The molecule has 0 amide bonds. The summed E-state index contributed by atoms with van der Waals surface area (Å²) in [6.07, 6.45) is 1.80. The van der Waals surface area contributed by atoms with Crippen molar-refractivity contribution < 1.29 is 8.42 Å². The average molecular weight is 246 g/mol. The molecule has 1 aromatic carbocycles. The van der Waals surface area contributed by atoms with Crippen LogP contribution in [0.15, 0.2) is 23.1 Å². The van der Waals surface area contributed by atoms with Crippen molar-refractivity contribution in [2.45, 2.75) is 17.7 Å². The molecule has 0 bridgehead atoms. The fourth-order valence-electron chi connectivity index (χ4n) is 1.80. The highest BCUT2D eigenvalue weighted by atomic mass is 35.7. The van der Waals surface area contributed by atoms with Crippen molar-refractivity contribution in [3.05, 3.63) is 29.3 Å². The van der Waals surface area contributed by atoms with Gasteiger partial charge in [0.25, 0.3) is 9.05 Å². The predicted molar refractivity (Wildman–Crippen MR) is 59.8 cm³/mol. The Morgan fingerprint density at radius 3 is 2.47 bits per heavy atom. The highest BCUT2D eigenvalue weighted by Crippen LogP contribution is 2.21. The second-order valence-electron chi connectivity index (χ2n) is 3.62. The molecule has 1 aliphatic rings. The summed E-state index contributed by atoms with van der Waals surface area (Å²) in [5, 5.41) is 3.27. The van der Waals surface area contributed by atoms with Crippen molar-refractivity contribution in [3.63, 3.8) is 0 Å². The molecule has 3 nitrogen and oxygen atoms in total. The maximum Gasteiger partial charge on any atom is 0.261 e. The normalized spacial score (nSPS) is 16.9. The van der Waals surface area contributed by atoms with Crippen molar-refractivity contribution in [3.8, 4) is 0 Å². The summed E-state index contributed by atoms with van der Waals surface area (Å²) in [6, 6.07) is 5.12. The SMILES string of the molecule is O=S(=O)(Cl)c1ccc2c(c1)CCNCC2. The predicted octanol–water partition coefficient (Wildman–Crippen LogP) is 1.30. The van der Waals surface area contributed by atoms with Crippen LogP contribution in [0.3, 0.4) is 0 Å². The van der Waals surface area contributed by atoms with Gasteiger partial charge in [0.1, 0.15) is 0 Å². The van der Waals surface area contributed by atoms with Gasteiger partial charge < -0.3 is 5.32 Å². The molecular formula is C10H12ClNO2S. The molecule has 5 heteroatoms. The molecule has 1 aliphatic heterocycles. The van der Waals surface area contributed by atoms with Crippen molar-refractivity contribution in [1.29, 1.82) is 0 Å². The monoisotopic (exact) mass is 245 g/mol. The molecule has 82 valence electrons. The van der Waals surface area contributed by atoms with Crippen LogP contribution in [0.1, 0.15) is 11.1 Å². The number of halogens is 1. The first-order valence-corrected chi connectivity index (χ1v) is 7.15. The van der Waals surface area contributed by atoms with Crippen LogP contribution in [-0.2, 0) is 21.9 Å². The molecular weight excluding hydrogens is 234 g/mol. The Labute approximate surface area is 93.9 Å². The van der Waals surface area contributed by atoms with Crippen LogP contribution in [0.2, 0.25) is 0 Å². The van der Waals surface area contributed by atoms with Gasteiger partial charge in [-0.15, -0.1) is 0 Å². The van der Waals surface area contributed by atoms with Crippen LogP contribution in [0.5, 0.6) is 0 Å². The molecule has 0 spiro atoms. The van der Waals surface area contributed by atoms with Gasteiger partial charge in [-0.3, -0.25) is 0 Å². The third kappa shape index (κ3) is 2.51. The lowest BCUT2D eigenvalue weighted by molar-refractivity contribution is 0.609. The fourth-order valence-corrected chi connectivity index (χ4v) is 2.60. The molecule has 0 unspecified atom stereocenters. The van der Waals surface area contributed by atoms with Gasteiger partial charge in [-0.2, -0.15) is 0 Å². The first-order valence-electron chi connectivity index (χ1n) is 4.84. The lowest BCUT2D eigenvalue weighted by Gasteiger charge is -2.06. The molecule has 0 saturated carbocycles. The Kier molecular flexibility index (Phi) is 3.00. The van der Waals surface area contributed by atoms with E-state index in [0.29, 0.717) is 0 Å². The molecule has 15 heavy (non-hydrogen) atoms. The Morgan fingerprint density at radius 2 is 1.80 bits per heavy atom. The largest absolute Gasteiger partial charge is 0.316 e. The van der Waals surface area contributed by atoms with E-state index in [2.05, 4.69) is 5.32 Å². The Bertz CT molecular complexity index is 470. The minimum Gasteiger partial charge on any atom is -0.316 e. The molecule has 0 radical (unpaired) electrons. The van der Waals surface area contributed by atoms with Gasteiger partial charge in [-0.05, 0) is 49.2 Å². The van der Waals surface area contributed by atoms with E-state index in [-0.39, 0.29) is 4.90 Å². The molecule has 0 saturated heterocycles.